The molecule has 1 saturated carbocycles. The van der Waals surface area contributed by atoms with Crippen LogP contribution in [0.4, 0.5) is 0 Å². The average molecular weight is 318 g/mol. The summed E-state index contributed by atoms with van der Waals surface area (Å²) < 4.78 is 0. The summed E-state index contributed by atoms with van der Waals surface area (Å²) in [5, 5.41) is 22.0. The number of carboxylic acid groups (broad SMARTS) is 1. The van der Waals surface area contributed by atoms with Crippen LogP contribution >= 0.6 is 23.2 Å². The Kier molecular flexibility index (Phi) is 4.52. The van der Waals surface area contributed by atoms with Crippen molar-refractivity contribution >= 4 is 35.1 Å². The van der Waals surface area contributed by atoms with Crippen molar-refractivity contribution in [2.75, 3.05) is 6.54 Å². The second kappa shape index (κ2) is 5.99. The molecule has 0 bridgehead atoms. The van der Waals surface area contributed by atoms with Gasteiger partial charge in [0.05, 0.1) is 17.9 Å². The van der Waals surface area contributed by atoms with Gasteiger partial charge in [0.15, 0.2) is 0 Å². The van der Waals surface area contributed by atoms with Gasteiger partial charge in [-0.2, -0.15) is 0 Å². The second-order valence-corrected chi connectivity index (χ2v) is 5.62. The van der Waals surface area contributed by atoms with E-state index in [1.54, 1.807) is 18.2 Å². The molecule has 1 amide bonds. The Morgan fingerprint density at radius 1 is 1.25 bits per heavy atom. The van der Waals surface area contributed by atoms with E-state index in [4.69, 9.17) is 28.3 Å². The fraction of sp³-hybridized carbons (Fsp3) is 0.385. The minimum absolute atomic E-state index is 0.0155. The Morgan fingerprint density at radius 3 is 2.35 bits per heavy atom. The standard InChI is InChI=1S/C13H13Cl2NO4/c14-7-1-6(2-8(15)3-7)11(17)5-16-12(18)9-4-10(9)13(19)20/h1-3,9-11,17H,4-5H2,(H,16,18)(H,19,20)/t9-,10-,11-/m1/s1. The van der Waals surface area contributed by atoms with Crippen molar-refractivity contribution in [1.29, 1.82) is 0 Å². The highest BCUT2D eigenvalue weighted by Crippen LogP contribution is 2.38. The topological polar surface area (TPSA) is 86.6 Å². The maximum Gasteiger partial charge on any atom is 0.307 e. The third-order valence-electron chi connectivity index (χ3n) is 3.18. The van der Waals surface area contributed by atoms with Crippen LogP contribution in [-0.2, 0) is 9.59 Å². The number of benzene rings is 1. The monoisotopic (exact) mass is 317 g/mol. The molecule has 2 rings (SSSR count). The number of aliphatic hydroxyl groups excluding tert-OH is 1. The first-order valence-electron chi connectivity index (χ1n) is 6.03. The minimum Gasteiger partial charge on any atom is -0.481 e. The number of nitrogens with one attached hydrogen (secondary N) is 1. The molecular formula is C13H13Cl2NO4. The first-order valence-corrected chi connectivity index (χ1v) is 6.78. The van der Waals surface area contributed by atoms with E-state index in [1.807, 2.05) is 0 Å². The van der Waals surface area contributed by atoms with E-state index in [1.165, 1.54) is 0 Å². The van der Waals surface area contributed by atoms with Gasteiger partial charge in [0.2, 0.25) is 5.91 Å². The molecule has 108 valence electrons. The highest BCUT2D eigenvalue weighted by atomic mass is 35.5. The van der Waals surface area contributed by atoms with Gasteiger partial charge in [-0.3, -0.25) is 9.59 Å². The molecule has 3 N–H and O–H groups in total. The largest absolute Gasteiger partial charge is 0.481 e. The number of hydrogen-bond donors (Lipinski definition) is 3. The SMILES string of the molecule is O=C(O)[C@@H]1C[C@H]1C(=O)NC[C@@H](O)c1cc(Cl)cc(Cl)c1. The van der Waals surface area contributed by atoms with Crippen LogP contribution in [0.15, 0.2) is 18.2 Å². The lowest BCUT2D eigenvalue weighted by Crippen LogP contribution is -2.30. The molecule has 1 aliphatic rings. The molecule has 0 aliphatic heterocycles. The molecular weight excluding hydrogens is 305 g/mol. The normalized spacial score (nSPS) is 22.1. The summed E-state index contributed by atoms with van der Waals surface area (Å²) >= 11 is 11.6. The van der Waals surface area contributed by atoms with Crippen molar-refractivity contribution in [3.63, 3.8) is 0 Å². The van der Waals surface area contributed by atoms with E-state index in [2.05, 4.69) is 5.32 Å². The lowest BCUT2D eigenvalue weighted by molar-refractivity contribution is -0.140. The summed E-state index contributed by atoms with van der Waals surface area (Å²) in [6.45, 7) is -0.0155. The molecule has 0 saturated heterocycles. The highest BCUT2D eigenvalue weighted by molar-refractivity contribution is 6.34. The summed E-state index contributed by atoms with van der Waals surface area (Å²) in [6.07, 6.45) is -0.600. The third kappa shape index (κ3) is 3.62. The fourth-order valence-electron chi connectivity index (χ4n) is 1.97. The van der Waals surface area contributed by atoms with Crippen LogP contribution in [0.1, 0.15) is 18.1 Å². The van der Waals surface area contributed by atoms with Gasteiger partial charge in [0.25, 0.3) is 0 Å². The highest BCUT2D eigenvalue weighted by Gasteiger charge is 2.48. The Morgan fingerprint density at radius 2 is 1.85 bits per heavy atom. The van der Waals surface area contributed by atoms with Crippen LogP contribution < -0.4 is 5.32 Å². The predicted octanol–water partition coefficient (Wildman–Crippen LogP) is 1.86. The van der Waals surface area contributed by atoms with Crippen LogP contribution in [0, 0.1) is 11.8 Å². The number of carbonyl (C=O) groups is 2. The summed E-state index contributed by atoms with van der Waals surface area (Å²) in [4.78, 5) is 22.3. The first-order chi connectivity index (χ1) is 9.38. The van der Waals surface area contributed by atoms with Crippen molar-refractivity contribution in [3.8, 4) is 0 Å². The maximum atomic E-state index is 11.7. The Labute approximate surface area is 125 Å². The number of halogens is 2. The molecule has 0 unspecified atom stereocenters. The van der Waals surface area contributed by atoms with Gasteiger partial charge >= 0.3 is 5.97 Å². The molecule has 0 heterocycles. The van der Waals surface area contributed by atoms with Crippen molar-refractivity contribution in [2.24, 2.45) is 11.8 Å². The molecule has 0 radical (unpaired) electrons. The van der Waals surface area contributed by atoms with E-state index >= 15 is 0 Å². The van der Waals surface area contributed by atoms with Crippen LogP contribution in [0.2, 0.25) is 10.0 Å². The number of aliphatic carboxylic acids is 1. The molecule has 0 spiro atoms. The summed E-state index contributed by atoms with van der Waals surface area (Å²) in [5.74, 6) is -2.42. The van der Waals surface area contributed by atoms with Crippen molar-refractivity contribution < 1.29 is 19.8 Å². The average Bonchev–Trinajstić information content (AvgIpc) is 3.14. The molecule has 1 fully saturated rings. The molecule has 7 heteroatoms. The van der Waals surface area contributed by atoms with Gasteiger partial charge < -0.3 is 15.5 Å². The molecule has 0 aromatic heterocycles. The van der Waals surface area contributed by atoms with Crippen LogP contribution in [0.5, 0.6) is 0 Å². The Balaban J connectivity index is 1.88. The number of carboxylic acids is 1. The summed E-state index contributed by atoms with van der Waals surface area (Å²) in [5.41, 5.74) is 0.494. The zero-order valence-electron chi connectivity index (χ0n) is 10.3. The molecule has 1 aliphatic carbocycles. The Hall–Kier alpha value is -1.30. The van der Waals surface area contributed by atoms with Crippen LogP contribution in [0.3, 0.4) is 0 Å². The fourth-order valence-corrected chi connectivity index (χ4v) is 2.51. The molecule has 1 aromatic rings. The second-order valence-electron chi connectivity index (χ2n) is 4.75. The zero-order valence-corrected chi connectivity index (χ0v) is 11.9. The smallest absolute Gasteiger partial charge is 0.307 e. The third-order valence-corrected chi connectivity index (χ3v) is 3.62. The number of rotatable bonds is 5. The van der Waals surface area contributed by atoms with Crippen LogP contribution in [-0.4, -0.2) is 28.6 Å². The number of carbonyl (C=O) groups excluding carboxylic acids is 1. The summed E-state index contributed by atoms with van der Waals surface area (Å²) in [7, 11) is 0. The van der Waals surface area contributed by atoms with Gasteiger partial charge in [0, 0.05) is 16.6 Å². The van der Waals surface area contributed by atoms with Gasteiger partial charge in [-0.1, -0.05) is 23.2 Å². The van der Waals surface area contributed by atoms with Gasteiger partial charge in [-0.15, -0.1) is 0 Å². The van der Waals surface area contributed by atoms with Gasteiger partial charge in [-0.25, -0.2) is 0 Å². The predicted molar refractivity (Wildman–Crippen MR) is 73.7 cm³/mol. The van der Waals surface area contributed by atoms with Gasteiger partial charge in [0.1, 0.15) is 0 Å². The first kappa shape index (κ1) is 15.1. The summed E-state index contributed by atoms with van der Waals surface area (Å²) in [6, 6.07) is 4.66. The zero-order chi connectivity index (χ0) is 14.9. The quantitative estimate of drug-likeness (QED) is 0.773. The van der Waals surface area contributed by atoms with E-state index in [0.717, 1.165) is 0 Å². The maximum absolute atomic E-state index is 11.7. The van der Waals surface area contributed by atoms with E-state index in [9.17, 15) is 14.7 Å². The minimum atomic E-state index is -0.965. The molecule has 3 atom stereocenters. The van der Waals surface area contributed by atoms with Crippen molar-refractivity contribution in [3.05, 3.63) is 33.8 Å². The van der Waals surface area contributed by atoms with E-state index in [-0.39, 0.29) is 12.5 Å². The van der Waals surface area contributed by atoms with Crippen LogP contribution in [0.25, 0.3) is 0 Å². The van der Waals surface area contributed by atoms with Gasteiger partial charge in [-0.05, 0) is 30.2 Å². The van der Waals surface area contributed by atoms with Crippen molar-refractivity contribution in [1.82, 2.24) is 5.32 Å². The Bertz CT molecular complexity index is 529. The lowest BCUT2D eigenvalue weighted by atomic mass is 10.1. The number of amides is 1. The molecule has 20 heavy (non-hydrogen) atoms. The van der Waals surface area contributed by atoms with E-state index in [0.29, 0.717) is 22.0 Å². The van der Waals surface area contributed by atoms with Crippen molar-refractivity contribution in [2.45, 2.75) is 12.5 Å². The molecule has 1 aromatic carbocycles. The molecule has 5 nitrogen and oxygen atoms in total. The van der Waals surface area contributed by atoms with E-state index < -0.39 is 23.9 Å². The lowest BCUT2D eigenvalue weighted by Gasteiger charge is -2.13. The number of aliphatic hydroxyl groups is 1. The number of hydrogen-bond acceptors (Lipinski definition) is 3.